The summed E-state index contributed by atoms with van der Waals surface area (Å²) in [6.45, 7) is 0. The van der Waals surface area contributed by atoms with Crippen LogP contribution in [0.3, 0.4) is 0 Å². The van der Waals surface area contributed by atoms with E-state index in [2.05, 4.69) is 9.97 Å². The highest BCUT2D eigenvalue weighted by molar-refractivity contribution is 5.33. The topological polar surface area (TPSA) is 121 Å². The zero-order valence-corrected chi connectivity index (χ0v) is 9.29. The van der Waals surface area contributed by atoms with Gasteiger partial charge in [-0.1, -0.05) is 0 Å². The molecule has 0 fully saturated rings. The molecule has 0 atom stereocenters. The number of hydrogen-bond donors (Lipinski definition) is 0. The zero-order chi connectivity index (χ0) is 13.8. The Labute approximate surface area is 105 Å². The largest absolute Gasteiger partial charge is 0.421 e. The van der Waals surface area contributed by atoms with Crippen molar-refractivity contribution in [1.29, 1.82) is 0 Å². The molecule has 0 saturated carbocycles. The van der Waals surface area contributed by atoms with E-state index in [1.807, 2.05) is 0 Å². The molecule has 0 aliphatic rings. The molecular formula is C10H6N4O5. The minimum atomic E-state index is -0.582. The minimum absolute atomic E-state index is 0.104. The Kier molecular flexibility index (Phi) is 3.28. The summed E-state index contributed by atoms with van der Waals surface area (Å²) in [7, 11) is 0. The normalized spacial score (nSPS) is 9.89. The van der Waals surface area contributed by atoms with Gasteiger partial charge >= 0.3 is 0 Å². The van der Waals surface area contributed by atoms with E-state index >= 15 is 0 Å². The second kappa shape index (κ2) is 5.04. The number of nitro groups is 2. The summed E-state index contributed by atoms with van der Waals surface area (Å²) < 4.78 is 5.18. The Balaban J connectivity index is 2.12. The van der Waals surface area contributed by atoms with E-state index in [-0.39, 0.29) is 23.1 Å². The summed E-state index contributed by atoms with van der Waals surface area (Å²) >= 11 is 0. The van der Waals surface area contributed by atoms with Crippen molar-refractivity contribution in [2.75, 3.05) is 0 Å². The molecule has 2 aromatic rings. The predicted molar refractivity (Wildman–Crippen MR) is 61.9 cm³/mol. The molecule has 0 aliphatic carbocycles. The number of hydrogen-bond acceptors (Lipinski definition) is 7. The third-order valence-corrected chi connectivity index (χ3v) is 2.07. The first-order valence-electron chi connectivity index (χ1n) is 4.95. The molecule has 2 heterocycles. The van der Waals surface area contributed by atoms with Crippen molar-refractivity contribution in [3.63, 3.8) is 0 Å². The first-order valence-corrected chi connectivity index (χ1v) is 4.95. The summed E-state index contributed by atoms with van der Waals surface area (Å²) in [6, 6.07) is 5.07. The zero-order valence-electron chi connectivity index (χ0n) is 9.29. The van der Waals surface area contributed by atoms with E-state index in [0.717, 1.165) is 12.4 Å². The van der Waals surface area contributed by atoms with Gasteiger partial charge in [0.15, 0.2) is 0 Å². The quantitative estimate of drug-likeness (QED) is 0.610. The fraction of sp³-hybridized carbons (Fsp3) is 0. The lowest BCUT2D eigenvalue weighted by molar-refractivity contribution is -0.385. The average molecular weight is 262 g/mol. The molecule has 96 valence electrons. The van der Waals surface area contributed by atoms with Crippen molar-refractivity contribution in [2.24, 2.45) is 0 Å². The van der Waals surface area contributed by atoms with Crippen LogP contribution in [-0.2, 0) is 0 Å². The summed E-state index contributed by atoms with van der Waals surface area (Å²) in [6.07, 6.45) is 2.08. The van der Waals surface area contributed by atoms with Crippen LogP contribution in [0.5, 0.6) is 11.8 Å². The van der Waals surface area contributed by atoms with Crippen LogP contribution in [-0.4, -0.2) is 19.8 Å². The average Bonchev–Trinajstić information content (AvgIpc) is 2.40. The Morgan fingerprint density at radius 3 is 1.53 bits per heavy atom. The smallest absolute Gasteiger partial charge is 0.287 e. The first-order chi connectivity index (χ1) is 9.06. The fourth-order valence-corrected chi connectivity index (χ4v) is 1.19. The Bertz CT molecular complexity index is 555. The van der Waals surface area contributed by atoms with Crippen LogP contribution in [0.2, 0.25) is 0 Å². The Morgan fingerprint density at radius 1 is 0.842 bits per heavy atom. The van der Waals surface area contributed by atoms with Crippen LogP contribution in [0.25, 0.3) is 0 Å². The number of nitrogens with zero attached hydrogens (tertiary/aromatic N) is 4. The molecule has 0 bridgehead atoms. The van der Waals surface area contributed by atoms with Gasteiger partial charge in [0, 0.05) is 24.3 Å². The SMILES string of the molecule is O=[N+]([O-])c1ccc(Oc2ccc([N+](=O)[O-])cn2)nc1. The molecule has 0 amide bonds. The molecular weight excluding hydrogens is 256 g/mol. The van der Waals surface area contributed by atoms with Gasteiger partial charge in [-0.05, 0) is 0 Å². The number of rotatable bonds is 4. The molecule has 2 aromatic heterocycles. The second-order valence-corrected chi connectivity index (χ2v) is 3.33. The molecule has 19 heavy (non-hydrogen) atoms. The summed E-state index contributed by atoms with van der Waals surface area (Å²) in [5.74, 6) is 0.207. The van der Waals surface area contributed by atoms with Crippen molar-refractivity contribution in [2.45, 2.75) is 0 Å². The lowest BCUT2D eigenvalue weighted by Crippen LogP contribution is -1.94. The number of pyridine rings is 2. The van der Waals surface area contributed by atoms with Gasteiger partial charge in [0.1, 0.15) is 12.4 Å². The van der Waals surface area contributed by atoms with Crippen LogP contribution in [0.15, 0.2) is 36.7 Å². The molecule has 2 rings (SSSR count). The number of aromatic nitrogens is 2. The molecule has 9 nitrogen and oxygen atoms in total. The second-order valence-electron chi connectivity index (χ2n) is 3.33. The highest BCUT2D eigenvalue weighted by atomic mass is 16.6. The lowest BCUT2D eigenvalue weighted by Gasteiger charge is -2.02. The maximum Gasteiger partial charge on any atom is 0.287 e. The summed E-state index contributed by atoms with van der Waals surface area (Å²) in [5, 5.41) is 20.8. The maximum atomic E-state index is 10.4. The highest BCUT2D eigenvalue weighted by Gasteiger charge is 2.09. The molecule has 9 heteroatoms. The summed E-state index contributed by atoms with van der Waals surface area (Å²) in [5.41, 5.74) is -0.326. The van der Waals surface area contributed by atoms with Gasteiger partial charge in [0.05, 0.1) is 9.85 Å². The van der Waals surface area contributed by atoms with Gasteiger partial charge < -0.3 is 4.74 Å². The summed E-state index contributed by atoms with van der Waals surface area (Å²) in [4.78, 5) is 27.1. The monoisotopic (exact) mass is 262 g/mol. The van der Waals surface area contributed by atoms with Crippen molar-refractivity contribution in [3.05, 3.63) is 56.9 Å². The van der Waals surface area contributed by atoms with Crippen molar-refractivity contribution >= 4 is 11.4 Å². The van der Waals surface area contributed by atoms with Crippen LogP contribution in [0.1, 0.15) is 0 Å². The van der Waals surface area contributed by atoms with Crippen LogP contribution in [0.4, 0.5) is 11.4 Å². The standard InChI is InChI=1S/C10H6N4O5/c15-13(16)7-1-3-9(11-5-7)19-10-4-2-8(6-12-10)14(17)18/h1-6H. The van der Waals surface area contributed by atoms with Gasteiger partial charge in [-0.2, -0.15) is 0 Å². The van der Waals surface area contributed by atoms with Gasteiger partial charge in [0.25, 0.3) is 11.4 Å². The molecule has 0 N–H and O–H groups in total. The Hall–Kier alpha value is -3.10. The van der Waals surface area contributed by atoms with E-state index in [9.17, 15) is 20.2 Å². The van der Waals surface area contributed by atoms with E-state index < -0.39 is 9.85 Å². The van der Waals surface area contributed by atoms with Gasteiger partial charge in [-0.25, -0.2) is 9.97 Å². The molecule has 0 radical (unpaired) electrons. The van der Waals surface area contributed by atoms with Crippen LogP contribution >= 0.6 is 0 Å². The molecule has 0 aliphatic heterocycles. The molecule has 0 saturated heterocycles. The third-order valence-electron chi connectivity index (χ3n) is 2.07. The van der Waals surface area contributed by atoms with Crippen molar-refractivity contribution < 1.29 is 14.6 Å². The molecule has 0 unspecified atom stereocenters. The van der Waals surface area contributed by atoms with E-state index in [1.54, 1.807) is 0 Å². The van der Waals surface area contributed by atoms with Crippen molar-refractivity contribution in [1.82, 2.24) is 9.97 Å². The van der Waals surface area contributed by atoms with E-state index in [0.29, 0.717) is 0 Å². The van der Waals surface area contributed by atoms with Crippen molar-refractivity contribution in [3.8, 4) is 11.8 Å². The maximum absolute atomic E-state index is 10.4. The number of ether oxygens (including phenoxy) is 1. The van der Waals surface area contributed by atoms with Gasteiger partial charge in [-0.15, -0.1) is 0 Å². The minimum Gasteiger partial charge on any atom is -0.421 e. The highest BCUT2D eigenvalue weighted by Crippen LogP contribution is 2.20. The van der Waals surface area contributed by atoms with Gasteiger partial charge in [-0.3, -0.25) is 20.2 Å². The van der Waals surface area contributed by atoms with Gasteiger partial charge in [0.2, 0.25) is 11.8 Å². The Morgan fingerprint density at radius 2 is 1.26 bits per heavy atom. The van der Waals surface area contributed by atoms with E-state index in [4.69, 9.17) is 4.74 Å². The predicted octanol–water partition coefficient (Wildman–Crippen LogP) is 2.09. The molecule has 0 aromatic carbocycles. The first kappa shape index (κ1) is 12.4. The third kappa shape index (κ3) is 2.97. The van der Waals surface area contributed by atoms with E-state index in [1.165, 1.54) is 24.3 Å². The lowest BCUT2D eigenvalue weighted by atomic mass is 10.4. The van der Waals surface area contributed by atoms with Crippen LogP contribution < -0.4 is 4.74 Å². The van der Waals surface area contributed by atoms with Crippen LogP contribution in [0, 0.1) is 20.2 Å². The molecule has 0 spiro atoms. The fourth-order valence-electron chi connectivity index (χ4n) is 1.19.